The zero-order valence-electron chi connectivity index (χ0n) is 13.1. The smallest absolute Gasteiger partial charge is 0.316 e. The number of anilines is 3. The molecule has 3 N–H and O–H groups in total. The monoisotopic (exact) mass is 313 g/mol. The van der Waals surface area contributed by atoms with Crippen molar-refractivity contribution in [1.29, 1.82) is 0 Å². The molecule has 3 amide bonds. The van der Waals surface area contributed by atoms with Crippen LogP contribution in [0.4, 0.5) is 22.0 Å². The van der Waals surface area contributed by atoms with E-state index in [0.717, 1.165) is 11.4 Å². The molecule has 3 rings (SSSR count). The summed E-state index contributed by atoms with van der Waals surface area (Å²) in [6.07, 6.45) is 2.35. The molecule has 1 aromatic carbocycles. The van der Waals surface area contributed by atoms with Gasteiger partial charge < -0.3 is 10.2 Å². The fourth-order valence-electron chi connectivity index (χ4n) is 2.23. The van der Waals surface area contributed by atoms with Crippen LogP contribution in [0.1, 0.15) is 31.4 Å². The van der Waals surface area contributed by atoms with Crippen molar-refractivity contribution in [1.82, 2.24) is 10.2 Å². The van der Waals surface area contributed by atoms with Crippen LogP contribution in [0, 0.1) is 0 Å². The van der Waals surface area contributed by atoms with Crippen molar-refractivity contribution in [3.8, 4) is 0 Å². The van der Waals surface area contributed by atoms with Crippen LogP contribution < -0.4 is 15.5 Å². The Hall–Kier alpha value is -2.83. The molecule has 120 valence electrons. The molecule has 1 aliphatic carbocycles. The average Bonchev–Trinajstić information content (AvgIpc) is 3.27. The first-order valence-corrected chi connectivity index (χ1v) is 7.50. The van der Waals surface area contributed by atoms with Gasteiger partial charge in [-0.05, 0) is 37.1 Å². The molecule has 0 atom stereocenters. The molecule has 2 aromatic rings. The van der Waals surface area contributed by atoms with Gasteiger partial charge in [-0.25, -0.2) is 4.79 Å². The Morgan fingerprint density at radius 3 is 2.52 bits per heavy atom. The molecule has 7 heteroatoms. The minimum Gasteiger partial charge on any atom is -0.316 e. The van der Waals surface area contributed by atoms with Gasteiger partial charge in [0.25, 0.3) is 0 Å². The highest BCUT2D eigenvalue weighted by Gasteiger charge is 2.25. The number of aromatic nitrogens is 2. The number of benzene rings is 1. The van der Waals surface area contributed by atoms with E-state index in [1.54, 1.807) is 31.3 Å². The minimum atomic E-state index is -0.355. The van der Waals surface area contributed by atoms with E-state index in [2.05, 4.69) is 20.8 Å². The summed E-state index contributed by atoms with van der Waals surface area (Å²) < 4.78 is 0. The van der Waals surface area contributed by atoms with Crippen molar-refractivity contribution in [3.05, 3.63) is 36.0 Å². The maximum absolute atomic E-state index is 12.0. The predicted molar refractivity (Wildman–Crippen MR) is 88.7 cm³/mol. The molecular formula is C16H19N5O2. The molecule has 1 heterocycles. The standard InChI is InChI=1S/C16H19N5O2/c1-10(22)21(2)13-7-5-12(6-8-13)17-16(23)18-15-9-14(19-20-15)11-3-4-11/h5-9,11H,3-4H2,1-2H3,(H3,17,18,19,20,23). The average molecular weight is 313 g/mol. The Morgan fingerprint density at radius 1 is 1.22 bits per heavy atom. The fraction of sp³-hybridized carbons (Fsp3) is 0.312. The summed E-state index contributed by atoms with van der Waals surface area (Å²) in [5.41, 5.74) is 2.47. The number of rotatable bonds is 4. The second-order valence-electron chi connectivity index (χ2n) is 5.69. The minimum absolute atomic E-state index is 0.0477. The number of hydrogen-bond acceptors (Lipinski definition) is 3. The number of urea groups is 1. The number of amides is 3. The second-order valence-corrected chi connectivity index (χ2v) is 5.69. The summed E-state index contributed by atoms with van der Waals surface area (Å²) in [7, 11) is 1.70. The van der Waals surface area contributed by atoms with E-state index >= 15 is 0 Å². The van der Waals surface area contributed by atoms with Crippen molar-refractivity contribution in [2.75, 3.05) is 22.6 Å². The highest BCUT2D eigenvalue weighted by Crippen LogP contribution is 2.39. The van der Waals surface area contributed by atoms with E-state index in [4.69, 9.17) is 0 Å². The molecule has 0 radical (unpaired) electrons. The number of aromatic amines is 1. The third-order valence-electron chi connectivity index (χ3n) is 3.84. The van der Waals surface area contributed by atoms with E-state index < -0.39 is 0 Å². The van der Waals surface area contributed by atoms with E-state index in [0.29, 0.717) is 17.4 Å². The normalized spacial score (nSPS) is 13.5. The maximum Gasteiger partial charge on any atom is 0.324 e. The lowest BCUT2D eigenvalue weighted by atomic mass is 10.2. The number of H-pyrrole nitrogens is 1. The summed E-state index contributed by atoms with van der Waals surface area (Å²) in [5.74, 6) is 1.03. The van der Waals surface area contributed by atoms with Crippen molar-refractivity contribution in [2.24, 2.45) is 0 Å². The van der Waals surface area contributed by atoms with Gasteiger partial charge in [0, 0.05) is 43.0 Å². The highest BCUT2D eigenvalue weighted by atomic mass is 16.2. The Labute approximate surface area is 134 Å². The number of hydrogen-bond donors (Lipinski definition) is 3. The Bertz CT molecular complexity index is 718. The lowest BCUT2D eigenvalue weighted by molar-refractivity contribution is -0.116. The zero-order valence-corrected chi connectivity index (χ0v) is 13.1. The molecule has 1 aromatic heterocycles. The predicted octanol–water partition coefficient (Wildman–Crippen LogP) is 2.91. The van der Waals surface area contributed by atoms with E-state index in [-0.39, 0.29) is 11.9 Å². The van der Waals surface area contributed by atoms with E-state index in [1.807, 2.05) is 6.07 Å². The number of carbonyl (C=O) groups is 2. The summed E-state index contributed by atoms with van der Waals surface area (Å²) in [5, 5.41) is 12.4. The van der Waals surface area contributed by atoms with Crippen LogP contribution in [0.2, 0.25) is 0 Å². The largest absolute Gasteiger partial charge is 0.324 e. The zero-order chi connectivity index (χ0) is 16.4. The van der Waals surface area contributed by atoms with Crippen LogP contribution in [0.5, 0.6) is 0 Å². The van der Waals surface area contributed by atoms with Crippen molar-refractivity contribution >= 4 is 29.1 Å². The Balaban J connectivity index is 1.57. The molecule has 0 bridgehead atoms. The molecule has 1 saturated carbocycles. The van der Waals surface area contributed by atoms with Crippen molar-refractivity contribution in [2.45, 2.75) is 25.7 Å². The van der Waals surface area contributed by atoms with E-state index in [9.17, 15) is 9.59 Å². The van der Waals surface area contributed by atoms with Gasteiger partial charge in [-0.15, -0.1) is 0 Å². The number of nitrogens with one attached hydrogen (secondary N) is 3. The van der Waals surface area contributed by atoms with Crippen molar-refractivity contribution < 1.29 is 9.59 Å². The van der Waals surface area contributed by atoms with Crippen LogP contribution in [0.15, 0.2) is 30.3 Å². The molecule has 1 fully saturated rings. The van der Waals surface area contributed by atoms with Gasteiger partial charge >= 0.3 is 6.03 Å². The van der Waals surface area contributed by atoms with Gasteiger partial charge in [-0.1, -0.05) is 0 Å². The summed E-state index contributed by atoms with van der Waals surface area (Å²) in [6, 6.07) is 8.55. The lowest BCUT2D eigenvalue weighted by Gasteiger charge is -2.15. The van der Waals surface area contributed by atoms with Crippen LogP contribution in [0.25, 0.3) is 0 Å². The first-order chi connectivity index (χ1) is 11.0. The molecule has 0 saturated heterocycles. The van der Waals surface area contributed by atoms with Gasteiger partial charge in [0.05, 0.1) is 0 Å². The molecule has 0 unspecified atom stereocenters. The SMILES string of the molecule is CC(=O)N(C)c1ccc(NC(=O)Nc2cc(C3CC3)[nH]n2)cc1. The highest BCUT2D eigenvalue weighted by molar-refractivity contribution is 5.99. The Kier molecular flexibility index (Phi) is 4.01. The second kappa shape index (κ2) is 6.12. The van der Waals surface area contributed by atoms with Gasteiger partial charge in [-0.3, -0.25) is 15.2 Å². The van der Waals surface area contributed by atoms with Gasteiger partial charge in [0.2, 0.25) is 5.91 Å². The van der Waals surface area contributed by atoms with Gasteiger partial charge in [-0.2, -0.15) is 5.10 Å². The van der Waals surface area contributed by atoms with Crippen LogP contribution in [-0.2, 0) is 4.79 Å². The van der Waals surface area contributed by atoms with Crippen molar-refractivity contribution in [3.63, 3.8) is 0 Å². The molecule has 0 spiro atoms. The van der Waals surface area contributed by atoms with Crippen LogP contribution in [0.3, 0.4) is 0 Å². The van der Waals surface area contributed by atoms with E-state index in [1.165, 1.54) is 24.7 Å². The summed E-state index contributed by atoms with van der Waals surface area (Å²) >= 11 is 0. The number of carbonyl (C=O) groups excluding carboxylic acids is 2. The van der Waals surface area contributed by atoms with Gasteiger partial charge in [0.1, 0.15) is 0 Å². The Morgan fingerprint density at radius 2 is 1.91 bits per heavy atom. The first-order valence-electron chi connectivity index (χ1n) is 7.50. The molecule has 1 aliphatic rings. The van der Waals surface area contributed by atoms with Gasteiger partial charge in [0.15, 0.2) is 5.82 Å². The molecule has 23 heavy (non-hydrogen) atoms. The summed E-state index contributed by atoms with van der Waals surface area (Å²) in [6.45, 7) is 1.50. The number of nitrogens with zero attached hydrogens (tertiary/aromatic N) is 2. The first kappa shape index (κ1) is 15.1. The summed E-state index contributed by atoms with van der Waals surface area (Å²) in [4.78, 5) is 24.8. The molecule has 7 nitrogen and oxygen atoms in total. The van der Waals surface area contributed by atoms with Crippen LogP contribution in [-0.4, -0.2) is 29.2 Å². The molecule has 0 aliphatic heterocycles. The quantitative estimate of drug-likeness (QED) is 0.810. The fourth-order valence-corrected chi connectivity index (χ4v) is 2.23. The maximum atomic E-state index is 12.0. The van der Waals surface area contributed by atoms with Crippen LogP contribution >= 0.6 is 0 Å². The third-order valence-corrected chi connectivity index (χ3v) is 3.84. The molecular weight excluding hydrogens is 294 g/mol. The topological polar surface area (TPSA) is 90.1 Å². The lowest BCUT2D eigenvalue weighted by Crippen LogP contribution is -2.23. The third kappa shape index (κ3) is 3.68.